The van der Waals surface area contributed by atoms with E-state index in [0.717, 1.165) is 0 Å². The van der Waals surface area contributed by atoms with Gasteiger partial charge >= 0.3 is 115 Å². The average Bonchev–Trinajstić information content (AvgIpc) is 1.94. The average molecular weight is 456 g/mol. The molecule has 0 atom stereocenters. The van der Waals surface area contributed by atoms with Crippen LogP contribution in [0.5, 0.6) is 0 Å². The van der Waals surface area contributed by atoms with Gasteiger partial charge in [-0.2, -0.15) is 0 Å². The fourth-order valence-corrected chi connectivity index (χ4v) is 0. The van der Waals surface area contributed by atoms with Crippen molar-refractivity contribution in [2.75, 3.05) is 0 Å². The largest absolute Gasteiger partial charge is 2.00 e. The molecule has 0 radical (unpaired) electrons. The Bertz CT molecular complexity index is 220. The Morgan fingerprint density at radius 3 is 0.296 bits per heavy atom. The maximum absolute atomic E-state index is 8.33. The molecule has 0 amide bonds. The van der Waals surface area contributed by atoms with E-state index in [2.05, 4.69) is 0 Å². The van der Waals surface area contributed by atoms with Crippen molar-refractivity contribution in [3.63, 3.8) is 0 Å². The summed E-state index contributed by atoms with van der Waals surface area (Å²) in [5, 5.41) is 83.3. The van der Waals surface area contributed by atoms with Gasteiger partial charge < -0.3 is 86.0 Å². The standard InChI is InChI=1S/5CH2O3.5Mg.2H2O/c5*2-1(3)4;;;;;;;/h5*(H2,2,3,4);;;;;;2*1H2/q;;;;;5*+2;;/p-12. The van der Waals surface area contributed by atoms with E-state index < -0.39 is 30.8 Å². The van der Waals surface area contributed by atoms with Gasteiger partial charge in [0.1, 0.15) is 0 Å². The van der Waals surface area contributed by atoms with Crippen molar-refractivity contribution in [1.29, 1.82) is 0 Å². The number of rotatable bonds is 0. The summed E-state index contributed by atoms with van der Waals surface area (Å²) in [6, 6.07) is 0. The molecule has 0 bridgehead atoms. The molecule has 0 aromatic rings. The molecule has 27 heavy (non-hydrogen) atoms. The maximum Gasteiger partial charge on any atom is 2.00 e. The van der Waals surface area contributed by atoms with E-state index in [1.165, 1.54) is 0 Å². The molecule has 22 heteroatoms. The fraction of sp³-hybridized carbons (Fsp3) is 0. The van der Waals surface area contributed by atoms with Crippen LogP contribution in [0.25, 0.3) is 0 Å². The van der Waals surface area contributed by atoms with Crippen LogP contribution in [0.15, 0.2) is 0 Å². The van der Waals surface area contributed by atoms with Gasteiger partial charge in [0.25, 0.3) is 0 Å². The van der Waals surface area contributed by atoms with Crippen LogP contribution in [-0.2, 0) is 0 Å². The Balaban J connectivity index is -0.00000000978. The molecule has 0 unspecified atom stereocenters. The van der Waals surface area contributed by atoms with Crippen LogP contribution in [0.1, 0.15) is 0 Å². The molecular weight excluding hydrogens is 454 g/mol. The summed E-state index contributed by atoms with van der Waals surface area (Å²) in [6.07, 6.45) is -11.7. The first kappa shape index (κ1) is 81.0. The molecule has 136 valence electrons. The molecule has 0 rings (SSSR count). The number of carbonyl (C=O) groups excluding carboxylic acids is 5. The van der Waals surface area contributed by atoms with Gasteiger partial charge in [-0.1, -0.05) is 0 Å². The SMILES string of the molecule is O=C([O-])[O-].O=C([O-])[O-].O=C([O-])[O-].O=C([O-])[O-].O=C([O-])[O-].[Mg+2].[Mg+2].[Mg+2].[Mg+2].[Mg+2].[OH-].[OH-]. The number of hydrogen-bond acceptors (Lipinski definition) is 17. The van der Waals surface area contributed by atoms with E-state index in [4.69, 9.17) is 75.0 Å². The first-order valence-corrected chi connectivity index (χ1v) is 3.06. The van der Waals surface area contributed by atoms with Crippen LogP contribution >= 0.6 is 0 Å². The third kappa shape index (κ3) is 1480000. The van der Waals surface area contributed by atoms with Gasteiger partial charge in [-0.05, 0) is 30.8 Å². The van der Waals surface area contributed by atoms with Crippen LogP contribution in [0.4, 0.5) is 24.0 Å². The Morgan fingerprint density at radius 1 is 0.296 bits per heavy atom. The quantitative estimate of drug-likeness (QED) is 0.305. The fourth-order valence-electron chi connectivity index (χ4n) is 0. The van der Waals surface area contributed by atoms with Gasteiger partial charge in [0, 0.05) is 0 Å². The molecule has 0 heterocycles. The molecule has 0 saturated carbocycles. The number of hydrogen-bond donors (Lipinski definition) is 0. The smallest absolute Gasteiger partial charge is 0.870 e. The van der Waals surface area contributed by atoms with E-state index in [1.54, 1.807) is 0 Å². The molecule has 0 fully saturated rings. The summed E-state index contributed by atoms with van der Waals surface area (Å²) in [7, 11) is 0. The maximum atomic E-state index is 8.33. The van der Waals surface area contributed by atoms with Crippen molar-refractivity contribution >= 4 is 146 Å². The number of carbonyl (C=O) groups is 5. The number of carboxylic acid groups (broad SMARTS) is 10. The molecule has 2 N–H and O–H groups in total. The summed E-state index contributed by atoms with van der Waals surface area (Å²) >= 11 is 0. The molecule has 0 aromatic heterocycles. The summed E-state index contributed by atoms with van der Waals surface area (Å²) in [4.78, 5) is 41.7. The summed E-state index contributed by atoms with van der Waals surface area (Å²) < 4.78 is 0. The molecule has 17 nitrogen and oxygen atoms in total. The monoisotopic (exact) mass is 454 g/mol. The Morgan fingerprint density at radius 2 is 0.296 bits per heavy atom. The van der Waals surface area contributed by atoms with Crippen molar-refractivity contribution in [3.05, 3.63) is 0 Å². The van der Waals surface area contributed by atoms with Crippen molar-refractivity contribution in [1.82, 2.24) is 0 Å². The molecule has 0 saturated heterocycles. The van der Waals surface area contributed by atoms with E-state index in [9.17, 15) is 0 Å². The second-order valence-electron chi connectivity index (χ2n) is 1.25. The van der Waals surface area contributed by atoms with E-state index in [0.29, 0.717) is 0 Å². The minimum atomic E-state index is -2.33. The third-order valence-corrected chi connectivity index (χ3v) is 0. The zero-order valence-corrected chi connectivity index (χ0v) is 20.1. The molecular formula is C5H2Mg5O17-2. The van der Waals surface area contributed by atoms with Gasteiger partial charge in [0.15, 0.2) is 0 Å². The van der Waals surface area contributed by atoms with Crippen molar-refractivity contribution in [3.8, 4) is 0 Å². The third-order valence-electron chi connectivity index (χ3n) is 0. The predicted molar refractivity (Wildman–Crippen MR) is 59.6 cm³/mol. The Hall–Kier alpha value is 0.101. The first-order chi connectivity index (χ1) is 8.66. The molecule has 0 aliphatic heterocycles. The van der Waals surface area contributed by atoms with Gasteiger partial charge in [-0.25, -0.2) is 0 Å². The van der Waals surface area contributed by atoms with Crippen molar-refractivity contribution in [2.24, 2.45) is 0 Å². The first-order valence-electron chi connectivity index (χ1n) is 3.06. The van der Waals surface area contributed by atoms with Crippen LogP contribution in [0, 0.1) is 0 Å². The second-order valence-corrected chi connectivity index (χ2v) is 1.25. The zero-order chi connectivity index (χ0) is 17.9. The summed E-state index contributed by atoms with van der Waals surface area (Å²) in [5.41, 5.74) is 0. The van der Waals surface area contributed by atoms with Gasteiger partial charge in [-0.15, -0.1) is 0 Å². The van der Waals surface area contributed by atoms with E-state index in [1.807, 2.05) is 0 Å². The van der Waals surface area contributed by atoms with Crippen molar-refractivity contribution < 1.29 is 86.0 Å². The Kier molecular flexibility index (Phi) is 216. The van der Waals surface area contributed by atoms with E-state index >= 15 is 0 Å². The van der Waals surface area contributed by atoms with Crippen LogP contribution in [-0.4, -0.2) is 157 Å². The minimum absolute atomic E-state index is 0. The van der Waals surface area contributed by atoms with Crippen molar-refractivity contribution in [2.45, 2.75) is 0 Å². The zero-order valence-electron chi connectivity index (χ0n) is 13.1. The van der Waals surface area contributed by atoms with Gasteiger partial charge in [0.05, 0.1) is 0 Å². The normalized spacial score (nSPS) is 4.44. The van der Waals surface area contributed by atoms with E-state index in [-0.39, 0.29) is 126 Å². The summed E-state index contributed by atoms with van der Waals surface area (Å²) in [6.45, 7) is 0. The summed E-state index contributed by atoms with van der Waals surface area (Å²) in [5.74, 6) is 0. The predicted octanol–water partition coefficient (Wildman–Crippen LogP) is -14.5. The van der Waals surface area contributed by atoms with Crippen LogP contribution < -0.4 is 51.1 Å². The Labute approximate surface area is 229 Å². The van der Waals surface area contributed by atoms with Gasteiger partial charge in [-0.3, -0.25) is 0 Å². The molecule has 0 spiro atoms. The topological polar surface area (TPSA) is 376 Å². The molecule has 0 aliphatic carbocycles. The van der Waals surface area contributed by atoms with Crippen LogP contribution in [0.2, 0.25) is 0 Å². The minimum Gasteiger partial charge on any atom is -0.870 e. The molecule has 0 aliphatic rings. The van der Waals surface area contributed by atoms with Crippen LogP contribution in [0.3, 0.4) is 0 Å². The molecule has 0 aromatic carbocycles. The second kappa shape index (κ2) is 72.1. The van der Waals surface area contributed by atoms with Gasteiger partial charge in [0.2, 0.25) is 0 Å².